The first-order chi connectivity index (χ1) is 5.59. The minimum atomic E-state index is -1.02. The zero-order valence-corrected chi connectivity index (χ0v) is 9.14. The molecule has 0 fully saturated rings. The molecule has 1 heterocycles. The van der Waals surface area contributed by atoms with Gasteiger partial charge in [0, 0.05) is 18.3 Å². The number of carbonyl (C=O) groups is 1. The monoisotopic (exact) mass is 213 g/mol. The number of carboxylic acid groups (broad SMARTS) is 1. The van der Waals surface area contributed by atoms with E-state index in [4.69, 9.17) is 23.1 Å². The molecule has 70 valence electrons. The topological polar surface area (TPSA) is 94.9 Å². The molecule has 0 aliphatic rings. The van der Waals surface area contributed by atoms with Crippen molar-refractivity contribution in [3.8, 4) is 0 Å². The van der Waals surface area contributed by atoms with Crippen LogP contribution in [0.3, 0.4) is 0 Å². The van der Waals surface area contributed by atoms with Crippen LogP contribution in [0.5, 0.6) is 0 Å². The first-order valence-electron chi connectivity index (χ1n) is 3.34. The predicted octanol–water partition coefficient (Wildman–Crippen LogP) is -0.129. The average Bonchev–Trinajstić information content (AvgIpc) is 2.35. The third kappa shape index (κ3) is 3.90. The zero-order chi connectivity index (χ0) is 9.14. The second-order valence-electron chi connectivity index (χ2n) is 2.42. The predicted molar refractivity (Wildman–Crippen MR) is 53.3 cm³/mol. The number of hydrogen-bond acceptors (Lipinski definition) is 3. The smallest absolute Gasteiger partial charge is 1.00 e. The summed E-state index contributed by atoms with van der Waals surface area (Å²) in [6.07, 6.45) is 1.87. The van der Waals surface area contributed by atoms with Crippen molar-refractivity contribution in [1.82, 2.24) is 9.97 Å². The van der Waals surface area contributed by atoms with E-state index in [-0.39, 0.29) is 32.3 Å². The minimum Gasteiger partial charge on any atom is -1.00 e. The molecule has 0 amide bonds. The molecule has 5 nitrogen and oxygen atoms in total. The molecule has 0 unspecified atom stereocenters. The number of nitrogens with one attached hydrogen (secondary N) is 2. The molecule has 0 aliphatic carbocycles. The summed E-state index contributed by atoms with van der Waals surface area (Å²) >= 11 is 4.75. The molecule has 7 heteroatoms. The van der Waals surface area contributed by atoms with Gasteiger partial charge < -0.3 is 23.7 Å². The Kier molecular flexibility index (Phi) is 5.22. The van der Waals surface area contributed by atoms with Crippen molar-refractivity contribution in [1.29, 1.82) is 0 Å². The number of carboxylic acids is 1. The summed E-state index contributed by atoms with van der Waals surface area (Å²) in [6.45, 7) is 0. The second kappa shape index (κ2) is 5.38. The summed E-state index contributed by atoms with van der Waals surface area (Å²) in [5, 5.41) is 8.47. The van der Waals surface area contributed by atoms with Gasteiger partial charge in [-0.3, -0.25) is 4.79 Å². The number of nitrogens with two attached hydrogens (primary N) is 1. The van der Waals surface area contributed by atoms with Gasteiger partial charge in [0.25, 0.3) is 0 Å². The van der Waals surface area contributed by atoms with Crippen LogP contribution >= 0.6 is 12.2 Å². The molecule has 1 rings (SSSR count). The van der Waals surface area contributed by atoms with E-state index >= 15 is 0 Å². The molecule has 0 bridgehead atoms. The van der Waals surface area contributed by atoms with E-state index in [9.17, 15) is 4.79 Å². The molecule has 13 heavy (non-hydrogen) atoms. The minimum absolute atomic E-state index is 0. The van der Waals surface area contributed by atoms with Crippen LogP contribution in [0, 0.1) is 4.77 Å². The van der Waals surface area contributed by atoms with E-state index < -0.39 is 12.0 Å². The van der Waals surface area contributed by atoms with Gasteiger partial charge >= 0.3 is 29.0 Å². The Labute approximate surface area is 98.8 Å². The number of aromatic nitrogens is 2. The Hall–Kier alpha value is -0.374. The molecule has 1 aromatic heterocycles. The molecular formula is C6H11MgN3O2S. The zero-order valence-electron chi connectivity index (χ0n) is 8.91. The molecular weight excluding hydrogens is 202 g/mol. The normalized spacial score (nSPS) is 11.8. The fourth-order valence-electron chi connectivity index (χ4n) is 0.805. The Morgan fingerprint density at radius 1 is 1.85 bits per heavy atom. The molecule has 0 radical (unpaired) electrons. The molecule has 1 atom stereocenters. The number of aliphatic carboxylic acids is 1. The molecule has 1 aromatic rings. The molecule has 0 aromatic carbocycles. The van der Waals surface area contributed by atoms with Gasteiger partial charge in [-0.2, -0.15) is 0 Å². The summed E-state index contributed by atoms with van der Waals surface area (Å²) in [5.74, 6) is -1.02. The van der Waals surface area contributed by atoms with Gasteiger partial charge in [-0.05, 0) is 12.2 Å². The van der Waals surface area contributed by atoms with Gasteiger partial charge in [0.05, 0.1) is 0 Å². The van der Waals surface area contributed by atoms with Crippen molar-refractivity contribution in [3.63, 3.8) is 0 Å². The first-order valence-corrected chi connectivity index (χ1v) is 3.75. The van der Waals surface area contributed by atoms with Gasteiger partial charge in [-0.1, -0.05) is 0 Å². The second-order valence-corrected chi connectivity index (χ2v) is 2.83. The third-order valence-electron chi connectivity index (χ3n) is 1.41. The summed E-state index contributed by atoms with van der Waals surface area (Å²) < 4.78 is 0.475. The number of rotatable bonds is 3. The molecule has 5 N–H and O–H groups in total. The van der Waals surface area contributed by atoms with Gasteiger partial charge in [-0.15, -0.1) is 0 Å². The Bertz CT molecular complexity index is 343. The summed E-state index contributed by atoms with van der Waals surface area (Å²) in [6, 6.07) is -0.883. The summed E-state index contributed by atoms with van der Waals surface area (Å²) in [7, 11) is 0. The Morgan fingerprint density at radius 3 is 2.85 bits per heavy atom. The maximum Gasteiger partial charge on any atom is 2.00 e. The van der Waals surface area contributed by atoms with E-state index in [1.165, 1.54) is 0 Å². The van der Waals surface area contributed by atoms with E-state index in [0.29, 0.717) is 10.5 Å². The standard InChI is InChI=1S/C6H9N3O2S.Mg.2H/c7-4(5(10)11)1-3-2-8-6(12)9-3;;;/h2,4H,1,7H2,(H,10,11)(H2,8,9,12);;;/q;+2;2*-1/t4-;;;/m0.../s1. The number of aromatic amines is 2. The van der Waals surface area contributed by atoms with Crippen molar-refractivity contribution in [2.75, 3.05) is 0 Å². The first kappa shape index (κ1) is 12.6. The van der Waals surface area contributed by atoms with Gasteiger partial charge in [0.1, 0.15) is 6.04 Å². The van der Waals surface area contributed by atoms with E-state index in [1.807, 2.05) is 0 Å². The van der Waals surface area contributed by atoms with Gasteiger partial charge in [0.15, 0.2) is 4.77 Å². The van der Waals surface area contributed by atoms with Gasteiger partial charge in [0.2, 0.25) is 0 Å². The molecule has 0 spiro atoms. The van der Waals surface area contributed by atoms with Crippen molar-refractivity contribution in [2.45, 2.75) is 12.5 Å². The SMILES string of the molecule is N[C@@H](Cc1c[nH]c(=S)[nH]1)C(=O)O.[H-].[H-].[Mg+2]. The van der Waals surface area contributed by atoms with Crippen LogP contribution < -0.4 is 5.73 Å². The van der Waals surface area contributed by atoms with E-state index in [0.717, 1.165) is 0 Å². The molecule has 0 aliphatic heterocycles. The number of H-pyrrole nitrogens is 2. The largest absolute Gasteiger partial charge is 2.00 e. The van der Waals surface area contributed by atoms with Crippen LogP contribution in [0.4, 0.5) is 0 Å². The van der Waals surface area contributed by atoms with Crippen molar-refractivity contribution >= 4 is 41.2 Å². The van der Waals surface area contributed by atoms with E-state index in [1.54, 1.807) is 6.20 Å². The number of hydrogen-bond donors (Lipinski definition) is 4. The third-order valence-corrected chi connectivity index (χ3v) is 1.63. The summed E-state index contributed by atoms with van der Waals surface area (Å²) in [5.41, 5.74) is 5.99. The molecule has 0 saturated heterocycles. The van der Waals surface area contributed by atoms with Crippen LogP contribution in [0.15, 0.2) is 6.20 Å². The van der Waals surface area contributed by atoms with Crippen molar-refractivity contribution in [2.24, 2.45) is 5.73 Å². The van der Waals surface area contributed by atoms with Crippen molar-refractivity contribution < 1.29 is 12.8 Å². The summed E-state index contributed by atoms with van der Waals surface area (Å²) in [4.78, 5) is 15.8. The number of imidazole rings is 1. The average molecular weight is 214 g/mol. The van der Waals surface area contributed by atoms with Gasteiger partial charge in [-0.25, -0.2) is 0 Å². The van der Waals surface area contributed by atoms with Crippen LogP contribution in [0.2, 0.25) is 0 Å². The van der Waals surface area contributed by atoms with Crippen LogP contribution in [-0.2, 0) is 11.2 Å². The van der Waals surface area contributed by atoms with Crippen LogP contribution in [-0.4, -0.2) is 50.1 Å². The van der Waals surface area contributed by atoms with E-state index in [2.05, 4.69) is 9.97 Å². The fourth-order valence-corrected chi connectivity index (χ4v) is 0.995. The molecule has 0 saturated carbocycles. The fraction of sp³-hybridized carbons (Fsp3) is 0.333. The quantitative estimate of drug-likeness (QED) is 0.416. The van der Waals surface area contributed by atoms with Crippen LogP contribution in [0.25, 0.3) is 0 Å². The maximum atomic E-state index is 10.3. The van der Waals surface area contributed by atoms with Crippen molar-refractivity contribution in [3.05, 3.63) is 16.7 Å². The Balaban J connectivity index is -0.000000480. The van der Waals surface area contributed by atoms with Crippen LogP contribution in [0.1, 0.15) is 8.55 Å². The Morgan fingerprint density at radius 2 is 2.46 bits per heavy atom. The maximum absolute atomic E-state index is 10.3.